The third kappa shape index (κ3) is 5.31. The molecule has 0 aliphatic carbocycles. The molecule has 0 aromatic heterocycles. The predicted molar refractivity (Wildman–Crippen MR) is 124 cm³/mol. The number of carbonyl (C=O) groups is 2. The number of carbonyl (C=O) groups excluding carboxylic acids is 2. The number of hydrogen-bond donors (Lipinski definition) is 1. The minimum Gasteiger partial charge on any atom is -0.462 e. The molecule has 0 radical (unpaired) electrons. The Morgan fingerprint density at radius 2 is 1.84 bits per heavy atom. The quantitative estimate of drug-likeness (QED) is 0.617. The van der Waals surface area contributed by atoms with Crippen LogP contribution in [0.2, 0.25) is 5.02 Å². The first kappa shape index (κ1) is 24.2. The fourth-order valence-corrected chi connectivity index (χ4v) is 5.25. The third-order valence-corrected chi connectivity index (χ3v) is 7.77. The van der Waals surface area contributed by atoms with Crippen molar-refractivity contribution in [3.63, 3.8) is 0 Å². The third-order valence-electron chi connectivity index (χ3n) is 5.55. The Hall–Kier alpha value is -2.42. The van der Waals surface area contributed by atoms with Crippen LogP contribution in [0.1, 0.15) is 53.0 Å². The first-order chi connectivity index (χ1) is 15.1. The van der Waals surface area contributed by atoms with E-state index in [1.165, 1.54) is 22.5 Å². The molecule has 1 amide bonds. The number of nitrogens with zero attached hydrogens (tertiary/aromatic N) is 1. The second-order valence-electron chi connectivity index (χ2n) is 7.93. The molecule has 0 unspecified atom stereocenters. The summed E-state index contributed by atoms with van der Waals surface area (Å²) in [5.41, 5.74) is 1.58. The number of ether oxygens (including phenoxy) is 1. The molecule has 3 rings (SSSR count). The van der Waals surface area contributed by atoms with E-state index in [1.54, 1.807) is 32.0 Å². The molecule has 0 atom stereocenters. The summed E-state index contributed by atoms with van der Waals surface area (Å²) in [4.78, 5) is 24.8. The van der Waals surface area contributed by atoms with Crippen LogP contribution < -0.4 is 5.32 Å². The number of anilines is 1. The maximum atomic E-state index is 13.1. The van der Waals surface area contributed by atoms with Gasteiger partial charge in [-0.15, -0.1) is 0 Å². The molecule has 1 N–H and O–H groups in total. The summed E-state index contributed by atoms with van der Waals surface area (Å²) in [6.45, 7) is 6.77. The maximum Gasteiger partial charge on any atom is 0.338 e. The van der Waals surface area contributed by atoms with E-state index in [4.69, 9.17) is 16.3 Å². The summed E-state index contributed by atoms with van der Waals surface area (Å²) >= 11 is 6.22. The second-order valence-corrected chi connectivity index (χ2v) is 10.3. The number of halogens is 1. The molecule has 2 aromatic rings. The van der Waals surface area contributed by atoms with Gasteiger partial charge in [0.2, 0.25) is 10.0 Å². The van der Waals surface area contributed by atoms with E-state index >= 15 is 0 Å². The molecule has 2 aromatic carbocycles. The van der Waals surface area contributed by atoms with Gasteiger partial charge >= 0.3 is 5.97 Å². The molecule has 9 heteroatoms. The van der Waals surface area contributed by atoms with E-state index in [2.05, 4.69) is 12.2 Å². The summed E-state index contributed by atoms with van der Waals surface area (Å²) in [5.74, 6) is -0.487. The number of benzene rings is 2. The van der Waals surface area contributed by atoms with Crippen LogP contribution in [0.15, 0.2) is 41.3 Å². The van der Waals surface area contributed by atoms with Crippen molar-refractivity contribution in [2.24, 2.45) is 5.92 Å². The monoisotopic (exact) mass is 478 g/mol. The lowest BCUT2D eigenvalue weighted by atomic mass is 10.0. The number of aryl methyl sites for hydroxylation is 1. The zero-order valence-electron chi connectivity index (χ0n) is 18.4. The fourth-order valence-electron chi connectivity index (χ4n) is 3.55. The number of amides is 1. The Labute approximate surface area is 193 Å². The fraction of sp³-hybridized carbons (Fsp3) is 0.391. The first-order valence-electron chi connectivity index (χ1n) is 10.5. The average molecular weight is 479 g/mol. The van der Waals surface area contributed by atoms with E-state index < -0.39 is 21.9 Å². The van der Waals surface area contributed by atoms with E-state index in [-0.39, 0.29) is 22.1 Å². The Bertz CT molecular complexity index is 1130. The normalized spacial score (nSPS) is 15.4. The molecule has 7 nitrogen and oxygen atoms in total. The van der Waals surface area contributed by atoms with Crippen molar-refractivity contribution in [3.8, 4) is 0 Å². The van der Waals surface area contributed by atoms with Crippen LogP contribution in [0.3, 0.4) is 0 Å². The highest BCUT2D eigenvalue weighted by atomic mass is 35.5. The molecule has 32 heavy (non-hydrogen) atoms. The number of piperidine rings is 1. The van der Waals surface area contributed by atoms with Crippen molar-refractivity contribution >= 4 is 39.2 Å². The van der Waals surface area contributed by atoms with Gasteiger partial charge in [0.05, 0.1) is 27.7 Å². The lowest BCUT2D eigenvalue weighted by Crippen LogP contribution is -2.37. The molecular weight excluding hydrogens is 452 g/mol. The number of hydrogen-bond acceptors (Lipinski definition) is 5. The highest BCUT2D eigenvalue weighted by Gasteiger charge is 2.29. The van der Waals surface area contributed by atoms with Gasteiger partial charge in [-0.05, 0) is 74.6 Å². The Kier molecular flexibility index (Phi) is 7.59. The standard InChI is InChI=1S/C23H27ClN2O5S/c1-4-31-23(28)17-5-8-21(16(3)13-17)25-22(27)19-14-18(6-7-20(19)24)32(29,30)26-11-9-15(2)10-12-26/h5-8,13-15H,4,9-12H2,1-3H3,(H,25,27). The van der Waals surface area contributed by atoms with Crippen molar-refractivity contribution in [3.05, 3.63) is 58.1 Å². The summed E-state index contributed by atoms with van der Waals surface area (Å²) in [6, 6.07) is 8.93. The SMILES string of the molecule is CCOC(=O)c1ccc(NC(=O)c2cc(S(=O)(=O)N3CCC(C)CC3)ccc2Cl)c(C)c1. The van der Waals surface area contributed by atoms with Crippen molar-refractivity contribution in [2.75, 3.05) is 25.0 Å². The molecule has 1 aliphatic heterocycles. The molecule has 0 saturated carbocycles. The lowest BCUT2D eigenvalue weighted by Gasteiger charge is -2.29. The lowest BCUT2D eigenvalue weighted by molar-refractivity contribution is 0.0526. The van der Waals surface area contributed by atoms with Gasteiger partial charge in [-0.25, -0.2) is 13.2 Å². The first-order valence-corrected chi connectivity index (χ1v) is 12.3. The largest absolute Gasteiger partial charge is 0.462 e. The predicted octanol–water partition coefficient (Wildman–Crippen LogP) is 4.50. The van der Waals surface area contributed by atoms with Crippen LogP contribution in [0, 0.1) is 12.8 Å². The summed E-state index contributed by atoms with van der Waals surface area (Å²) < 4.78 is 32.5. The van der Waals surface area contributed by atoms with Crippen LogP contribution in [-0.2, 0) is 14.8 Å². The van der Waals surface area contributed by atoms with Crippen molar-refractivity contribution in [1.29, 1.82) is 0 Å². The van der Waals surface area contributed by atoms with Gasteiger partial charge in [0.1, 0.15) is 0 Å². The second kappa shape index (κ2) is 10.0. The van der Waals surface area contributed by atoms with Gasteiger partial charge in [-0.3, -0.25) is 4.79 Å². The van der Waals surface area contributed by atoms with Gasteiger partial charge in [0, 0.05) is 18.8 Å². The number of esters is 1. The topological polar surface area (TPSA) is 92.8 Å². The van der Waals surface area contributed by atoms with Crippen LogP contribution in [0.4, 0.5) is 5.69 Å². The zero-order valence-corrected chi connectivity index (χ0v) is 19.9. The Morgan fingerprint density at radius 1 is 1.16 bits per heavy atom. The Morgan fingerprint density at radius 3 is 2.47 bits per heavy atom. The van der Waals surface area contributed by atoms with Gasteiger partial charge in [0.15, 0.2) is 0 Å². The molecule has 1 fully saturated rings. The number of rotatable bonds is 6. The summed E-state index contributed by atoms with van der Waals surface area (Å²) in [6.07, 6.45) is 1.61. The van der Waals surface area contributed by atoms with Gasteiger partial charge < -0.3 is 10.1 Å². The number of sulfonamides is 1. The number of nitrogens with one attached hydrogen (secondary N) is 1. The average Bonchev–Trinajstić information content (AvgIpc) is 2.75. The van der Waals surface area contributed by atoms with E-state index in [0.29, 0.717) is 35.8 Å². The highest BCUT2D eigenvalue weighted by molar-refractivity contribution is 7.89. The van der Waals surface area contributed by atoms with E-state index in [1.807, 2.05) is 0 Å². The minimum atomic E-state index is -3.72. The summed E-state index contributed by atoms with van der Waals surface area (Å²) in [7, 11) is -3.72. The highest BCUT2D eigenvalue weighted by Crippen LogP contribution is 2.27. The van der Waals surface area contributed by atoms with Crippen LogP contribution in [0.25, 0.3) is 0 Å². The molecule has 1 heterocycles. The van der Waals surface area contributed by atoms with Crippen LogP contribution in [0.5, 0.6) is 0 Å². The maximum absolute atomic E-state index is 13.1. The smallest absolute Gasteiger partial charge is 0.338 e. The molecule has 1 aliphatic rings. The minimum absolute atomic E-state index is 0.0379. The van der Waals surface area contributed by atoms with E-state index in [9.17, 15) is 18.0 Å². The van der Waals surface area contributed by atoms with Gasteiger partial charge in [-0.2, -0.15) is 4.31 Å². The van der Waals surface area contributed by atoms with Crippen molar-refractivity contribution in [2.45, 2.75) is 38.5 Å². The van der Waals surface area contributed by atoms with Crippen molar-refractivity contribution < 1.29 is 22.7 Å². The van der Waals surface area contributed by atoms with Crippen molar-refractivity contribution in [1.82, 2.24) is 4.31 Å². The van der Waals surface area contributed by atoms with Gasteiger partial charge in [-0.1, -0.05) is 18.5 Å². The molecule has 172 valence electrons. The van der Waals surface area contributed by atoms with Crippen LogP contribution >= 0.6 is 11.6 Å². The zero-order chi connectivity index (χ0) is 23.5. The molecular formula is C23H27ClN2O5S. The Balaban J connectivity index is 1.82. The molecule has 0 spiro atoms. The van der Waals surface area contributed by atoms with Gasteiger partial charge in [0.25, 0.3) is 5.91 Å². The molecule has 1 saturated heterocycles. The van der Waals surface area contributed by atoms with E-state index in [0.717, 1.165) is 12.8 Å². The summed E-state index contributed by atoms with van der Waals surface area (Å²) in [5, 5.41) is 2.89. The van der Waals surface area contributed by atoms with Crippen LogP contribution in [-0.4, -0.2) is 44.3 Å². The molecule has 0 bridgehead atoms.